The van der Waals surface area contributed by atoms with Crippen molar-refractivity contribution in [2.75, 3.05) is 13.4 Å². The Labute approximate surface area is 140 Å². The molecule has 0 bridgehead atoms. The molecule has 1 aliphatic heterocycles. The molecule has 0 spiro atoms. The highest BCUT2D eigenvalue weighted by Gasteiger charge is 2.13. The second-order valence-corrected chi connectivity index (χ2v) is 5.58. The van der Waals surface area contributed by atoms with E-state index in [2.05, 4.69) is 23.4 Å². The lowest BCUT2D eigenvalue weighted by Gasteiger charge is -2.07. The molecular formula is C19H18N2O3. The van der Waals surface area contributed by atoms with Gasteiger partial charge < -0.3 is 14.2 Å². The third-order valence-corrected chi connectivity index (χ3v) is 3.88. The second kappa shape index (κ2) is 6.66. The SMILES string of the molecule is c1ccc(-c2cnn(CCCOc3ccc4c(c3)OCO4)c2)cc1. The van der Waals surface area contributed by atoms with E-state index in [1.54, 1.807) is 0 Å². The number of aryl methyl sites for hydroxylation is 1. The van der Waals surface area contributed by atoms with Crippen LogP contribution in [-0.2, 0) is 6.54 Å². The average molecular weight is 322 g/mol. The molecule has 0 N–H and O–H groups in total. The minimum atomic E-state index is 0.280. The summed E-state index contributed by atoms with van der Waals surface area (Å²) < 4.78 is 18.3. The van der Waals surface area contributed by atoms with Gasteiger partial charge in [-0.2, -0.15) is 5.10 Å². The molecule has 122 valence electrons. The van der Waals surface area contributed by atoms with Gasteiger partial charge in [-0.15, -0.1) is 0 Å². The monoisotopic (exact) mass is 322 g/mol. The van der Waals surface area contributed by atoms with E-state index in [0.717, 1.165) is 35.8 Å². The number of fused-ring (bicyclic) bond motifs is 1. The quantitative estimate of drug-likeness (QED) is 0.649. The van der Waals surface area contributed by atoms with Crippen LogP contribution in [-0.4, -0.2) is 23.2 Å². The normalized spacial score (nSPS) is 12.3. The van der Waals surface area contributed by atoms with Crippen molar-refractivity contribution in [2.24, 2.45) is 0 Å². The second-order valence-electron chi connectivity index (χ2n) is 5.58. The fourth-order valence-electron chi connectivity index (χ4n) is 2.65. The molecule has 0 saturated heterocycles. The van der Waals surface area contributed by atoms with Gasteiger partial charge in [0.15, 0.2) is 11.5 Å². The summed E-state index contributed by atoms with van der Waals surface area (Å²) in [7, 11) is 0. The largest absolute Gasteiger partial charge is 0.493 e. The molecule has 0 atom stereocenters. The molecule has 0 saturated carbocycles. The predicted octanol–water partition coefficient (Wildman–Crippen LogP) is 3.75. The summed E-state index contributed by atoms with van der Waals surface area (Å²) in [4.78, 5) is 0. The Morgan fingerprint density at radius 2 is 1.88 bits per heavy atom. The van der Waals surface area contributed by atoms with E-state index >= 15 is 0 Å². The van der Waals surface area contributed by atoms with Crippen LogP contribution in [0.2, 0.25) is 0 Å². The molecule has 5 heteroatoms. The lowest BCUT2D eigenvalue weighted by Crippen LogP contribution is -2.04. The summed E-state index contributed by atoms with van der Waals surface area (Å²) in [6.07, 6.45) is 4.84. The number of rotatable bonds is 6. The van der Waals surface area contributed by atoms with Crippen LogP contribution < -0.4 is 14.2 Å². The van der Waals surface area contributed by atoms with Crippen LogP contribution in [0.4, 0.5) is 0 Å². The van der Waals surface area contributed by atoms with Gasteiger partial charge in [0, 0.05) is 30.8 Å². The molecule has 1 aromatic heterocycles. The highest BCUT2D eigenvalue weighted by Crippen LogP contribution is 2.35. The van der Waals surface area contributed by atoms with Crippen LogP contribution in [0.3, 0.4) is 0 Å². The van der Waals surface area contributed by atoms with Crippen molar-refractivity contribution < 1.29 is 14.2 Å². The molecule has 0 amide bonds. The Hall–Kier alpha value is -2.95. The Kier molecular flexibility index (Phi) is 4.06. The highest BCUT2D eigenvalue weighted by atomic mass is 16.7. The molecule has 1 aliphatic rings. The van der Waals surface area contributed by atoms with Crippen LogP contribution in [0.25, 0.3) is 11.1 Å². The zero-order chi connectivity index (χ0) is 16.2. The van der Waals surface area contributed by atoms with Gasteiger partial charge in [0.1, 0.15) is 5.75 Å². The third kappa shape index (κ3) is 3.20. The minimum Gasteiger partial charge on any atom is -0.493 e. The van der Waals surface area contributed by atoms with Gasteiger partial charge in [-0.1, -0.05) is 30.3 Å². The van der Waals surface area contributed by atoms with Gasteiger partial charge in [-0.3, -0.25) is 4.68 Å². The van der Waals surface area contributed by atoms with Crippen molar-refractivity contribution >= 4 is 0 Å². The smallest absolute Gasteiger partial charge is 0.231 e. The van der Waals surface area contributed by atoms with Crippen molar-refractivity contribution in [3.8, 4) is 28.4 Å². The van der Waals surface area contributed by atoms with Gasteiger partial charge in [-0.25, -0.2) is 0 Å². The van der Waals surface area contributed by atoms with Crippen molar-refractivity contribution in [2.45, 2.75) is 13.0 Å². The van der Waals surface area contributed by atoms with Crippen LogP contribution in [0.1, 0.15) is 6.42 Å². The number of benzene rings is 2. The van der Waals surface area contributed by atoms with Crippen LogP contribution in [0, 0.1) is 0 Å². The van der Waals surface area contributed by atoms with Gasteiger partial charge in [-0.05, 0) is 17.7 Å². The number of ether oxygens (including phenoxy) is 3. The van der Waals surface area contributed by atoms with Crippen molar-refractivity contribution in [1.82, 2.24) is 9.78 Å². The molecule has 2 heterocycles. The summed E-state index contributed by atoms with van der Waals surface area (Å²) in [6, 6.07) is 15.9. The number of hydrogen-bond donors (Lipinski definition) is 0. The first kappa shape index (κ1) is 14.6. The molecule has 0 fully saturated rings. The molecule has 4 rings (SSSR count). The number of nitrogens with zero attached hydrogens (tertiary/aromatic N) is 2. The van der Waals surface area contributed by atoms with E-state index in [0.29, 0.717) is 6.61 Å². The molecular weight excluding hydrogens is 304 g/mol. The third-order valence-electron chi connectivity index (χ3n) is 3.88. The van der Waals surface area contributed by atoms with E-state index in [9.17, 15) is 0 Å². The van der Waals surface area contributed by atoms with Crippen molar-refractivity contribution in [3.05, 3.63) is 60.9 Å². The summed E-state index contributed by atoms with van der Waals surface area (Å²) in [5, 5.41) is 4.41. The van der Waals surface area contributed by atoms with Crippen LogP contribution in [0.5, 0.6) is 17.2 Å². The van der Waals surface area contributed by atoms with Gasteiger partial charge in [0.25, 0.3) is 0 Å². The molecule has 24 heavy (non-hydrogen) atoms. The fourth-order valence-corrected chi connectivity index (χ4v) is 2.65. The first-order valence-corrected chi connectivity index (χ1v) is 7.99. The molecule has 0 unspecified atom stereocenters. The van der Waals surface area contributed by atoms with Crippen LogP contribution >= 0.6 is 0 Å². The lowest BCUT2D eigenvalue weighted by atomic mass is 10.1. The zero-order valence-electron chi connectivity index (χ0n) is 13.2. The lowest BCUT2D eigenvalue weighted by molar-refractivity contribution is 0.173. The maximum Gasteiger partial charge on any atom is 0.231 e. The molecule has 3 aromatic rings. The van der Waals surface area contributed by atoms with Crippen molar-refractivity contribution in [1.29, 1.82) is 0 Å². The maximum atomic E-state index is 5.77. The summed E-state index contributed by atoms with van der Waals surface area (Å²) in [6.45, 7) is 1.72. The molecule has 0 aliphatic carbocycles. The Morgan fingerprint density at radius 3 is 2.79 bits per heavy atom. The number of hydrogen-bond acceptors (Lipinski definition) is 4. The number of aromatic nitrogens is 2. The maximum absolute atomic E-state index is 5.77. The van der Waals surface area contributed by atoms with E-state index in [-0.39, 0.29) is 6.79 Å². The van der Waals surface area contributed by atoms with Crippen molar-refractivity contribution in [3.63, 3.8) is 0 Å². The Morgan fingerprint density at radius 1 is 1.00 bits per heavy atom. The Bertz CT molecular complexity index is 814. The Balaban J connectivity index is 1.28. The first-order chi connectivity index (χ1) is 11.9. The van der Waals surface area contributed by atoms with E-state index < -0.39 is 0 Å². The zero-order valence-corrected chi connectivity index (χ0v) is 13.2. The van der Waals surface area contributed by atoms with E-state index in [4.69, 9.17) is 14.2 Å². The first-order valence-electron chi connectivity index (χ1n) is 7.99. The average Bonchev–Trinajstić information content (AvgIpc) is 3.28. The molecule has 0 radical (unpaired) electrons. The van der Waals surface area contributed by atoms with Gasteiger partial charge in [0.2, 0.25) is 6.79 Å². The van der Waals surface area contributed by atoms with E-state index in [1.165, 1.54) is 5.56 Å². The van der Waals surface area contributed by atoms with Crippen LogP contribution in [0.15, 0.2) is 60.9 Å². The standard InChI is InChI=1S/C19H18N2O3/c1-2-5-15(6-3-1)16-12-20-21(13-16)9-4-10-22-17-7-8-18-19(11-17)24-14-23-18/h1-3,5-8,11-13H,4,9-10,14H2. The predicted molar refractivity (Wildman–Crippen MR) is 90.3 cm³/mol. The molecule has 2 aromatic carbocycles. The minimum absolute atomic E-state index is 0.280. The fraction of sp³-hybridized carbons (Fsp3) is 0.211. The van der Waals surface area contributed by atoms with Gasteiger partial charge >= 0.3 is 0 Å². The van der Waals surface area contributed by atoms with Gasteiger partial charge in [0.05, 0.1) is 12.8 Å². The summed E-state index contributed by atoms with van der Waals surface area (Å²) in [5.74, 6) is 2.31. The van der Waals surface area contributed by atoms with E-state index in [1.807, 2.05) is 47.3 Å². The molecule has 5 nitrogen and oxygen atoms in total. The topological polar surface area (TPSA) is 45.5 Å². The summed E-state index contributed by atoms with van der Waals surface area (Å²) in [5.41, 5.74) is 2.31. The summed E-state index contributed by atoms with van der Waals surface area (Å²) >= 11 is 0. The highest BCUT2D eigenvalue weighted by molar-refractivity contribution is 5.61.